The van der Waals surface area contributed by atoms with Crippen LogP contribution in [0.2, 0.25) is 0 Å². The molecule has 1 rings (SSSR count). The number of hydrogen-bond acceptors (Lipinski definition) is 4. The largest absolute Gasteiger partial charge is 0.394 e. The first-order chi connectivity index (χ1) is 9.29. The third kappa shape index (κ3) is 4.29. The summed E-state index contributed by atoms with van der Waals surface area (Å²) in [5.74, 6) is 0.565. The summed E-state index contributed by atoms with van der Waals surface area (Å²) in [4.78, 5) is 0.232. The summed E-state index contributed by atoms with van der Waals surface area (Å²) in [5.41, 5.74) is 1.03. The molecule has 1 aromatic heterocycles. The predicted octanol–water partition coefficient (Wildman–Crippen LogP) is 1.21. The van der Waals surface area contributed by atoms with Crippen LogP contribution in [0.25, 0.3) is 0 Å². The van der Waals surface area contributed by atoms with Gasteiger partial charge in [0.2, 0.25) is 10.0 Å². The van der Waals surface area contributed by atoms with Gasteiger partial charge in [0.15, 0.2) is 0 Å². The third-order valence-corrected chi connectivity index (χ3v) is 4.86. The predicted molar refractivity (Wildman–Crippen MR) is 78.0 cm³/mol. The molecule has 0 saturated carbocycles. The standard InChI is InChI=1S/C13H25N3O3S/c1-10(2)6-5-7-14-20(18,19)13-11(3)15-16(8-9-17)12(13)4/h10,14,17H,5-9H2,1-4H3. The molecule has 1 heterocycles. The van der Waals surface area contributed by atoms with Crippen LogP contribution in [-0.4, -0.2) is 36.5 Å². The van der Waals surface area contributed by atoms with E-state index in [4.69, 9.17) is 5.11 Å². The van der Waals surface area contributed by atoms with Gasteiger partial charge in [-0.05, 0) is 32.6 Å². The van der Waals surface area contributed by atoms with Crippen LogP contribution in [0.4, 0.5) is 0 Å². The van der Waals surface area contributed by atoms with Crippen molar-refractivity contribution in [1.29, 1.82) is 0 Å². The molecule has 1 aromatic rings. The van der Waals surface area contributed by atoms with Crippen molar-refractivity contribution in [2.45, 2.75) is 52.0 Å². The molecule has 0 unspecified atom stereocenters. The van der Waals surface area contributed by atoms with Crippen LogP contribution in [0.5, 0.6) is 0 Å². The van der Waals surface area contributed by atoms with Gasteiger partial charge in [0.25, 0.3) is 0 Å². The summed E-state index contributed by atoms with van der Waals surface area (Å²) >= 11 is 0. The Labute approximate surface area is 121 Å². The Kier molecular flexibility index (Phi) is 6.16. The van der Waals surface area contributed by atoms with Crippen molar-refractivity contribution in [1.82, 2.24) is 14.5 Å². The Morgan fingerprint density at radius 2 is 2.00 bits per heavy atom. The lowest BCUT2D eigenvalue weighted by Crippen LogP contribution is -2.26. The average Bonchev–Trinajstić information content (AvgIpc) is 2.61. The van der Waals surface area contributed by atoms with E-state index < -0.39 is 10.0 Å². The van der Waals surface area contributed by atoms with E-state index in [1.165, 1.54) is 4.68 Å². The van der Waals surface area contributed by atoms with Gasteiger partial charge in [-0.25, -0.2) is 13.1 Å². The van der Waals surface area contributed by atoms with Gasteiger partial charge in [-0.1, -0.05) is 13.8 Å². The van der Waals surface area contributed by atoms with Crippen molar-refractivity contribution >= 4 is 10.0 Å². The topological polar surface area (TPSA) is 84.2 Å². The lowest BCUT2D eigenvalue weighted by molar-refractivity contribution is 0.267. The first-order valence-electron chi connectivity index (χ1n) is 6.94. The van der Waals surface area contributed by atoms with Gasteiger partial charge in [-0.15, -0.1) is 0 Å². The van der Waals surface area contributed by atoms with E-state index in [1.54, 1.807) is 13.8 Å². The number of aliphatic hydroxyl groups is 1. The molecule has 20 heavy (non-hydrogen) atoms. The van der Waals surface area contributed by atoms with Crippen LogP contribution in [0.15, 0.2) is 4.90 Å². The third-order valence-electron chi connectivity index (χ3n) is 3.15. The molecule has 6 nitrogen and oxygen atoms in total. The van der Waals surface area contributed by atoms with Crippen molar-refractivity contribution < 1.29 is 13.5 Å². The van der Waals surface area contributed by atoms with Gasteiger partial charge in [-0.2, -0.15) is 5.10 Å². The lowest BCUT2D eigenvalue weighted by atomic mass is 10.1. The molecule has 0 amide bonds. The fourth-order valence-electron chi connectivity index (χ4n) is 2.17. The molecular formula is C13H25N3O3S. The molecule has 0 spiro atoms. The van der Waals surface area contributed by atoms with Gasteiger partial charge < -0.3 is 5.11 Å². The minimum absolute atomic E-state index is 0.0662. The van der Waals surface area contributed by atoms with Gasteiger partial charge in [0, 0.05) is 6.54 Å². The summed E-state index contributed by atoms with van der Waals surface area (Å²) in [6.07, 6.45) is 1.81. The number of aliphatic hydroxyl groups excluding tert-OH is 1. The minimum Gasteiger partial charge on any atom is -0.394 e. The van der Waals surface area contributed by atoms with Gasteiger partial charge in [-0.3, -0.25) is 4.68 Å². The highest BCUT2D eigenvalue weighted by atomic mass is 32.2. The molecule has 0 aliphatic rings. The van der Waals surface area contributed by atoms with Gasteiger partial charge >= 0.3 is 0 Å². The maximum Gasteiger partial charge on any atom is 0.244 e. The van der Waals surface area contributed by atoms with Crippen LogP contribution in [0.3, 0.4) is 0 Å². The average molecular weight is 303 g/mol. The monoisotopic (exact) mass is 303 g/mol. The number of aromatic nitrogens is 2. The Morgan fingerprint density at radius 1 is 1.35 bits per heavy atom. The molecule has 0 bridgehead atoms. The highest BCUT2D eigenvalue weighted by molar-refractivity contribution is 7.89. The molecule has 0 atom stereocenters. The molecule has 7 heteroatoms. The SMILES string of the molecule is Cc1nn(CCO)c(C)c1S(=O)(=O)NCCCC(C)C. The molecule has 0 aromatic carbocycles. The highest BCUT2D eigenvalue weighted by Crippen LogP contribution is 2.19. The molecule has 2 N–H and O–H groups in total. The number of sulfonamides is 1. The molecule has 0 saturated heterocycles. The fourth-order valence-corrected chi connectivity index (χ4v) is 3.65. The van der Waals surface area contributed by atoms with Crippen LogP contribution in [0.1, 0.15) is 38.1 Å². The summed E-state index contributed by atoms with van der Waals surface area (Å²) in [6, 6.07) is 0. The van der Waals surface area contributed by atoms with E-state index in [-0.39, 0.29) is 11.5 Å². The maximum absolute atomic E-state index is 12.3. The Balaban J connectivity index is 2.82. The number of nitrogens with one attached hydrogen (secondary N) is 1. The normalized spacial score (nSPS) is 12.3. The van der Waals surface area contributed by atoms with E-state index in [2.05, 4.69) is 23.7 Å². The molecule has 0 aliphatic heterocycles. The number of hydrogen-bond donors (Lipinski definition) is 2. The first-order valence-corrected chi connectivity index (χ1v) is 8.42. The second-order valence-electron chi connectivity index (χ2n) is 5.38. The lowest BCUT2D eigenvalue weighted by Gasteiger charge is -2.08. The van der Waals surface area contributed by atoms with Crippen LogP contribution in [-0.2, 0) is 16.6 Å². The number of aryl methyl sites for hydroxylation is 1. The number of rotatable bonds is 8. The summed E-state index contributed by atoms with van der Waals surface area (Å²) in [7, 11) is -3.53. The van der Waals surface area contributed by atoms with Gasteiger partial charge in [0.1, 0.15) is 4.90 Å². The minimum atomic E-state index is -3.53. The highest BCUT2D eigenvalue weighted by Gasteiger charge is 2.23. The Hall–Kier alpha value is -0.920. The molecule has 0 fully saturated rings. The van der Waals surface area contributed by atoms with Crippen LogP contribution < -0.4 is 4.72 Å². The zero-order valence-corrected chi connectivity index (χ0v) is 13.5. The second-order valence-corrected chi connectivity index (χ2v) is 7.08. The summed E-state index contributed by atoms with van der Waals surface area (Å²) < 4.78 is 28.8. The van der Waals surface area contributed by atoms with Crippen LogP contribution >= 0.6 is 0 Å². The molecule has 116 valence electrons. The molecule has 0 aliphatic carbocycles. The van der Waals surface area contributed by atoms with Crippen molar-refractivity contribution in [2.24, 2.45) is 5.92 Å². The van der Waals surface area contributed by atoms with Crippen LogP contribution in [0, 0.1) is 19.8 Å². The first kappa shape index (κ1) is 17.1. The Morgan fingerprint density at radius 3 is 2.55 bits per heavy atom. The van der Waals surface area contributed by atoms with E-state index in [9.17, 15) is 8.42 Å². The van der Waals surface area contributed by atoms with Crippen molar-refractivity contribution in [3.05, 3.63) is 11.4 Å². The van der Waals surface area contributed by atoms with Crippen molar-refractivity contribution in [3.63, 3.8) is 0 Å². The van der Waals surface area contributed by atoms with E-state index >= 15 is 0 Å². The van der Waals surface area contributed by atoms with E-state index in [0.717, 1.165) is 12.8 Å². The van der Waals surface area contributed by atoms with Crippen molar-refractivity contribution in [2.75, 3.05) is 13.2 Å². The number of nitrogens with zero attached hydrogens (tertiary/aromatic N) is 2. The summed E-state index contributed by atoms with van der Waals surface area (Å²) in [5, 5.41) is 13.1. The zero-order chi connectivity index (χ0) is 15.3. The van der Waals surface area contributed by atoms with Gasteiger partial charge in [0.05, 0.1) is 24.5 Å². The second kappa shape index (κ2) is 7.19. The summed E-state index contributed by atoms with van der Waals surface area (Å²) in [6.45, 7) is 8.27. The van der Waals surface area contributed by atoms with E-state index in [1.807, 2.05) is 0 Å². The molecule has 0 radical (unpaired) electrons. The van der Waals surface area contributed by atoms with Crippen molar-refractivity contribution in [3.8, 4) is 0 Å². The quantitative estimate of drug-likeness (QED) is 0.707. The Bertz CT molecular complexity index is 535. The maximum atomic E-state index is 12.3. The fraction of sp³-hybridized carbons (Fsp3) is 0.769. The zero-order valence-electron chi connectivity index (χ0n) is 12.7. The molecular weight excluding hydrogens is 278 g/mol. The smallest absolute Gasteiger partial charge is 0.244 e. The van der Waals surface area contributed by atoms with E-state index in [0.29, 0.717) is 30.4 Å².